The molecule has 5 heteroatoms. The van der Waals surface area contributed by atoms with Crippen LogP contribution in [0.2, 0.25) is 0 Å². The number of rotatable bonds is 4. The van der Waals surface area contributed by atoms with E-state index in [4.69, 9.17) is 0 Å². The lowest BCUT2D eigenvalue weighted by atomic mass is 9.88. The first-order valence-electron chi connectivity index (χ1n) is 9.56. The highest BCUT2D eigenvalue weighted by atomic mass is 19.1. The maximum Gasteiger partial charge on any atom is 0.131 e. The first-order chi connectivity index (χ1) is 12.7. The van der Waals surface area contributed by atoms with Gasteiger partial charge in [-0.25, -0.2) is 8.78 Å². The fourth-order valence-electron chi connectivity index (χ4n) is 4.37. The summed E-state index contributed by atoms with van der Waals surface area (Å²) in [5.74, 6) is 0.184. The summed E-state index contributed by atoms with van der Waals surface area (Å²) in [4.78, 5) is 2.53. The smallest absolute Gasteiger partial charge is 0.131 e. The van der Waals surface area contributed by atoms with E-state index in [1.807, 2.05) is 0 Å². The first-order valence-corrected chi connectivity index (χ1v) is 9.56. The quantitative estimate of drug-likeness (QED) is 0.790. The third kappa shape index (κ3) is 3.73. The number of aromatic nitrogens is 2. The van der Waals surface area contributed by atoms with Crippen molar-refractivity contribution in [2.24, 2.45) is 5.92 Å². The molecule has 1 aromatic heterocycles. The number of H-pyrrole nitrogens is 1. The predicted octanol–water partition coefficient (Wildman–Crippen LogP) is 4.89. The Morgan fingerprint density at radius 2 is 2.08 bits per heavy atom. The van der Waals surface area contributed by atoms with Gasteiger partial charge in [0.15, 0.2) is 0 Å². The molecule has 1 aliphatic carbocycles. The van der Waals surface area contributed by atoms with Crippen LogP contribution in [0.25, 0.3) is 11.1 Å². The average molecular weight is 357 g/mol. The molecule has 1 saturated heterocycles. The van der Waals surface area contributed by atoms with Gasteiger partial charge in [0, 0.05) is 35.8 Å². The van der Waals surface area contributed by atoms with Gasteiger partial charge in [-0.1, -0.05) is 12.2 Å². The van der Waals surface area contributed by atoms with Crippen LogP contribution in [0.4, 0.5) is 8.78 Å². The maximum atomic E-state index is 14.2. The molecule has 1 aromatic carbocycles. The molecule has 0 saturated carbocycles. The molecule has 2 aliphatic rings. The van der Waals surface area contributed by atoms with Crippen LogP contribution < -0.4 is 0 Å². The number of allylic oxidation sites excluding steroid dienone is 2. The zero-order valence-corrected chi connectivity index (χ0v) is 14.9. The summed E-state index contributed by atoms with van der Waals surface area (Å²) in [6.45, 7) is 3.19. The average Bonchev–Trinajstić information content (AvgIpc) is 3.14. The summed E-state index contributed by atoms with van der Waals surface area (Å²) in [7, 11) is 0. The molecule has 1 aliphatic heterocycles. The molecule has 0 radical (unpaired) electrons. The van der Waals surface area contributed by atoms with Gasteiger partial charge in [-0.15, -0.1) is 0 Å². The lowest BCUT2D eigenvalue weighted by Gasteiger charge is -2.35. The normalized spacial score (nSPS) is 24.1. The van der Waals surface area contributed by atoms with E-state index in [0.29, 0.717) is 11.1 Å². The highest BCUT2D eigenvalue weighted by molar-refractivity contribution is 5.66. The zero-order chi connectivity index (χ0) is 17.9. The van der Waals surface area contributed by atoms with Crippen molar-refractivity contribution >= 4 is 0 Å². The van der Waals surface area contributed by atoms with Crippen LogP contribution in [0.15, 0.2) is 36.5 Å². The number of benzene rings is 1. The van der Waals surface area contributed by atoms with Gasteiger partial charge in [-0.2, -0.15) is 5.10 Å². The molecule has 1 fully saturated rings. The van der Waals surface area contributed by atoms with Crippen LogP contribution in [0.1, 0.15) is 43.7 Å². The molecule has 2 aromatic rings. The van der Waals surface area contributed by atoms with Gasteiger partial charge < -0.3 is 4.90 Å². The standard InChI is InChI=1S/C21H25F2N3/c22-17-8-9-20(23)18(11-17)19-12-24-25-21(19)16-7-4-10-26(14-16)13-15-5-2-1-3-6-15/h1-2,8-9,11-12,15-16H,3-7,10,13-14H2,(H,24,25)/t15-,16+/m1/s1. The summed E-state index contributed by atoms with van der Waals surface area (Å²) in [5.41, 5.74) is 1.92. The number of nitrogens with zero attached hydrogens (tertiary/aromatic N) is 2. The minimum Gasteiger partial charge on any atom is -0.302 e. The highest BCUT2D eigenvalue weighted by Gasteiger charge is 2.27. The highest BCUT2D eigenvalue weighted by Crippen LogP contribution is 2.35. The van der Waals surface area contributed by atoms with Gasteiger partial charge in [-0.3, -0.25) is 5.10 Å². The van der Waals surface area contributed by atoms with Crippen LogP contribution in [-0.2, 0) is 0 Å². The molecule has 2 atom stereocenters. The number of aromatic amines is 1. The fourth-order valence-corrected chi connectivity index (χ4v) is 4.37. The summed E-state index contributed by atoms with van der Waals surface area (Å²) >= 11 is 0. The number of nitrogens with one attached hydrogen (secondary N) is 1. The third-order valence-electron chi connectivity index (χ3n) is 5.70. The van der Waals surface area contributed by atoms with Crippen LogP contribution in [0, 0.1) is 17.6 Å². The Balaban J connectivity index is 1.52. The van der Waals surface area contributed by atoms with E-state index in [2.05, 4.69) is 27.2 Å². The van der Waals surface area contributed by atoms with Crippen LogP contribution >= 0.6 is 0 Å². The Morgan fingerprint density at radius 3 is 2.92 bits per heavy atom. The van der Waals surface area contributed by atoms with Gasteiger partial charge >= 0.3 is 0 Å². The third-order valence-corrected chi connectivity index (χ3v) is 5.70. The predicted molar refractivity (Wildman–Crippen MR) is 98.8 cm³/mol. The van der Waals surface area contributed by atoms with E-state index in [1.165, 1.54) is 31.4 Å². The minimum atomic E-state index is -0.427. The van der Waals surface area contributed by atoms with Crippen LogP contribution in [0.3, 0.4) is 0 Å². The molecule has 3 nitrogen and oxygen atoms in total. The van der Waals surface area contributed by atoms with Crippen molar-refractivity contribution in [3.05, 3.63) is 53.9 Å². The Kier molecular flexibility index (Phi) is 5.16. The van der Waals surface area contributed by atoms with Gasteiger partial charge in [0.2, 0.25) is 0 Å². The van der Waals surface area contributed by atoms with E-state index < -0.39 is 11.6 Å². The van der Waals surface area contributed by atoms with Crippen LogP contribution in [-0.4, -0.2) is 34.7 Å². The Morgan fingerprint density at radius 1 is 1.15 bits per heavy atom. The molecular formula is C21H25F2N3. The van der Waals surface area contributed by atoms with Crippen LogP contribution in [0.5, 0.6) is 0 Å². The summed E-state index contributed by atoms with van der Waals surface area (Å²) in [6, 6.07) is 3.60. The summed E-state index contributed by atoms with van der Waals surface area (Å²) in [5, 5.41) is 7.21. The van der Waals surface area contributed by atoms with Crippen molar-refractivity contribution in [1.82, 2.24) is 15.1 Å². The van der Waals surface area contributed by atoms with E-state index in [9.17, 15) is 8.78 Å². The molecule has 138 valence electrons. The van der Waals surface area contributed by atoms with E-state index in [-0.39, 0.29) is 5.92 Å². The molecule has 1 N–H and O–H groups in total. The van der Waals surface area contributed by atoms with Gasteiger partial charge in [-0.05, 0) is 62.8 Å². The number of likely N-dealkylation sites (tertiary alicyclic amines) is 1. The van der Waals surface area contributed by atoms with Crippen molar-refractivity contribution in [2.45, 2.75) is 38.0 Å². The van der Waals surface area contributed by atoms with Crippen molar-refractivity contribution in [3.8, 4) is 11.1 Å². The number of hydrogen-bond donors (Lipinski definition) is 1. The zero-order valence-electron chi connectivity index (χ0n) is 14.9. The first kappa shape index (κ1) is 17.4. The van der Waals surface area contributed by atoms with Gasteiger partial charge in [0.05, 0.1) is 6.20 Å². The topological polar surface area (TPSA) is 31.9 Å². The second-order valence-electron chi connectivity index (χ2n) is 7.57. The molecule has 0 spiro atoms. The second-order valence-corrected chi connectivity index (χ2v) is 7.57. The van der Waals surface area contributed by atoms with Gasteiger partial charge in [0.25, 0.3) is 0 Å². The SMILES string of the molecule is Fc1ccc(F)c(-c2cn[nH]c2[C@H]2CCCN(C[C@@H]3CC=CCC3)C2)c1. The van der Waals surface area contributed by atoms with Crippen molar-refractivity contribution in [1.29, 1.82) is 0 Å². The molecule has 0 bridgehead atoms. The summed E-state index contributed by atoms with van der Waals surface area (Å²) in [6.07, 6.45) is 12.0. The largest absolute Gasteiger partial charge is 0.302 e. The molecular weight excluding hydrogens is 332 g/mol. The number of halogens is 2. The number of hydrogen-bond acceptors (Lipinski definition) is 2. The van der Waals surface area contributed by atoms with Crippen molar-refractivity contribution in [2.75, 3.05) is 19.6 Å². The molecule has 0 unspecified atom stereocenters. The molecule has 26 heavy (non-hydrogen) atoms. The fraction of sp³-hybridized carbons (Fsp3) is 0.476. The van der Waals surface area contributed by atoms with Crippen molar-refractivity contribution in [3.63, 3.8) is 0 Å². The van der Waals surface area contributed by atoms with E-state index in [1.54, 1.807) is 6.20 Å². The maximum absolute atomic E-state index is 14.2. The van der Waals surface area contributed by atoms with Gasteiger partial charge in [0.1, 0.15) is 11.6 Å². The minimum absolute atomic E-state index is 0.281. The lowest BCUT2D eigenvalue weighted by Crippen LogP contribution is -2.38. The second kappa shape index (κ2) is 7.70. The molecule has 0 amide bonds. The van der Waals surface area contributed by atoms with E-state index in [0.717, 1.165) is 50.2 Å². The Labute approximate surface area is 153 Å². The molecule has 4 rings (SSSR count). The number of piperidine rings is 1. The van der Waals surface area contributed by atoms with E-state index >= 15 is 0 Å². The Hall–Kier alpha value is -2.01. The lowest BCUT2D eigenvalue weighted by molar-refractivity contribution is 0.173. The summed E-state index contributed by atoms with van der Waals surface area (Å²) < 4.78 is 27.9. The monoisotopic (exact) mass is 357 g/mol. The van der Waals surface area contributed by atoms with Crippen molar-refractivity contribution < 1.29 is 8.78 Å². The Bertz CT molecular complexity index is 783. The molecule has 2 heterocycles.